The van der Waals surface area contributed by atoms with E-state index in [4.69, 9.17) is 4.74 Å². The monoisotopic (exact) mass is 358 g/mol. The second-order valence-electron chi connectivity index (χ2n) is 6.39. The van der Waals surface area contributed by atoms with Gasteiger partial charge in [0.2, 0.25) is 5.56 Å². The van der Waals surface area contributed by atoms with Crippen LogP contribution in [-0.2, 0) is 9.53 Å². The highest BCUT2D eigenvalue weighted by Crippen LogP contribution is 2.15. The van der Waals surface area contributed by atoms with Crippen molar-refractivity contribution >= 4 is 22.8 Å². The first-order chi connectivity index (χ1) is 12.5. The van der Waals surface area contributed by atoms with Gasteiger partial charge in [-0.15, -0.1) is 0 Å². The molecule has 2 rings (SSSR count). The van der Waals surface area contributed by atoms with Crippen LogP contribution in [0.15, 0.2) is 35.1 Å². The van der Waals surface area contributed by atoms with E-state index < -0.39 is 5.97 Å². The maximum Gasteiger partial charge on any atom is 0.339 e. The number of carbonyl (C=O) groups excluding carboxylic acids is 2. The molecule has 1 heterocycles. The van der Waals surface area contributed by atoms with E-state index in [-0.39, 0.29) is 23.6 Å². The van der Waals surface area contributed by atoms with E-state index in [1.807, 2.05) is 0 Å². The van der Waals surface area contributed by atoms with E-state index in [1.54, 1.807) is 24.3 Å². The van der Waals surface area contributed by atoms with Crippen molar-refractivity contribution in [2.75, 3.05) is 13.2 Å². The number of hydrogen-bond donors (Lipinski definition) is 2. The fourth-order valence-corrected chi connectivity index (χ4v) is 2.83. The van der Waals surface area contributed by atoms with E-state index in [0.29, 0.717) is 23.4 Å². The Kier molecular flexibility index (Phi) is 7.38. The number of fused-ring (bicyclic) bond motifs is 1. The van der Waals surface area contributed by atoms with E-state index in [0.717, 1.165) is 25.7 Å². The highest BCUT2D eigenvalue weighted by atomic mass is 16.5. The highest BCUT2D eigenvalue weighted by Gasteiger charge is 2.15. The zero-order valence-electron chi connectivity index (χ0n) is 15.3. The van der Waals surface area contributed by atoms with Crippen LogP contribution in [0.5, 0.6) is 0 Å². The Balaban J connectivity index is 1.92. The summed E-state index contributed by atoms with van der Waals surface area (Å²) in [5.74, 6) is -0.575. The number of ether oxygens (including phenoxy) is 1. The molecule has 1 atom stereocenters. The number of pyridine rings is 1. The number of unbranched alkanes of at least 4 members (excludes halogenated alkanes) is 1. The van der Waals surface area contributed by atoms with Crippen molar-refractivity contribution in [1.82, 2.24) is 10.3 Å². The van der Waals surface area contributed by atoms with Gasteiger partial charge in [0.15, 0.2) is 6.61 Å². The van der Waals surface area contributed by atoms with Crippen LogP contribution >= 0.6 is 0 Å². The highest BCUT2D eigenvalue weighted by molar-refractivity contribution is 6.03. The van der Waals surface area contributed by atoms with Gasteiger partial charge >= 0.3 is 5.97 Å². The van der Waals surface area contributed by atoms with Crippen LogP contribution in [0.25, 0.3) is 10.9 Å². The van der Waals surface area contributed by atoms with E-state index in [2.05, 4.69) is 24.1 Å². The molecule has 1 amide bonds. The van der Waals surface area contributed by atoms with Gasteiger partial charge in [-0.25, -0.2) is 4.79 Å². The van der Waals surface area contributed by atoms with Crippen molar-refractivity contribution in [1.29, 1.82) is 0 Å². The summed E-state index contributed by atoms with van der Waals surface area (Å²) < 4.78 is 5.10. The smallest absolute Gasteiger partial charge is 0.339 e. The first-order valence-electron chi connectivity index (χ1n) is 9.11. The number of aromatic amines is 1. The van der Waals surface area contributed by atoms with Crippen molar-refractivity contribution in [3.63, 3.8) is 0 Å². The molecule has 140 valence electrons. The number of rotatable bonds is 9. The number of H-pyrrole nitrogens is 1. The summed E-state index contributed by atoms with van der Waals surface area (Å²) in [6.45, 7) is 4.47. The van der Waals surface area contributed by atoms with Crippen molar-refractivity contribution in [2.24, 2.45) is 5.92 Å². The minimum atomic E-state index is -0.680. The number of nitrogens with one attached hydrogen (secondary N) is 2. The number of benzene rings is 1. The normalized spacial score (nSPS) is 11.9. The molecule has 0 unspecified atom stereocenters. The molecule has 0 bridgehead atoms. The van der Waals surface area contributed by atoms with Crippen LogP contribution in [0.4, 0.5) is 0 Å². The van der Waals surface area contributed by atoms with Gasteiger partial charge in [-0.1, -0.05) is 51.3 Å². The fraction of sp³-hybridized carbons (Fsp3) is 0.450. The molecule has 0 saturated carbocycles. The van der Waals surface area contributed by atoms with Gasteiger partial charge in [0.25, 0.3) is 5.91 Å². The number of amides is 1. The van der Waals surface area contributed by atoms with Crippen molar-refractivity contribution < 1.29 is 14.3 Å². The molecule has 26 heavy (non-hydrogen) atoms. The summed E-state index contributed by atoms with van der Waals surface area (Å²) in [5, 5.41) is 3.40. The Morgan fingerprint density at radius 2 is 2.00 bits per heavy atom. The molecular weight excluding hydrogens is 332 g/mol. The van der Waals surface area contributed by atoms with Gasteiger partial charge in [0.05, 0.1) is 5.56 Å². The van der Waals surface area contributed by atoms with Gasteiger partial charge in [0.1, 0.15) is 0 Å². The van der Waals surface area contributed by atoms with Gasteiger partial charge < -0.3 is 15.0 Å². The molecule has 6 heteroatoms. The van der Waals surface area contributed by atoms with Crippen molar-refractivity contribution in [2.45, 2.75) is 39.5 Å². The molecule has 1 aromatic carbocycles. The summed E-state index contributed by atoms with van der Waals surface area (Å²) in [5.41, 5.74) is 0.325. The van der Waals surface area contributed by atoms with Crippen LogP contribution in [-0.4, -0.2) is 30.0 Å². The second kappa shape index (κ2) is 9.75. The standard InChI is InChI=1S/C20H26N2O4/c1-3-5-8-14(4-2)12-21-19(24)13-26-20(25)16-11-18(23)22-17-10-7-6-9-15(16)17/h6-7,9-11,14H,3-5,8,12-13H2,1-2H3,(H,21,24)(H,22,23)/t14-/m0/s1. The Hall–Kier alpha value is -2.63. The van der Waals surface area contributed by atoms with E-state index in [9.17, 15) is 14.4 Å². The number of hydrogen-bond acceptors (Lipinski definition) is 4. The third kappa shape index (κ3) is 5.44. The molecule has 0 aliphatic carbocycles. The molecule has 6 nitrogen and oxygen atoms in total. The van der Waals surface area contributed by atoms with E-state index >= 15 is 0 Å². The molecule has 0 aliphatic rings. The number of carbonyl (C=O) groups is 2. The number of esters is 1. The van der Waals surface area contributed by atoms with Gasteiger partial charge in [-0.2, -0.15) is 0 Å². The lowest BCUT2D eigenvalue weighted by molar-refractivity contribution is -0.124. The molecule has 2 aromatic rings. The van der Waals surface area contributed by atoms with Crippen molar-refractivity contribution in [3.05, 3.63) is 46.2 Å². The van der Waals surface area contributed by atoms with Crippen LogP contribution in [0, 0.1) is 5.92 Å². The molecule has 0 spiro atoms. The average molecular weight is 358 g/mol. The summed E-state index contributed by atoms with van der Waals surface area (Å²) in [4.78, 5) is 38.6. The molecule has 2 N–H and O–H groups in total. The number of aromatic nitrogens is 1. The van der Waals surface area contributed by atoms with Gasteiger partial charge in [-0.05, 0) is 18.4 Å². The minimum Gasteiger partial charge on any atom is -0.452 e. The SMILES string of the molecule is CCCC[C@H](CC)CNC(=O)COC(=O)c1cc(=O)[nH]c2ccccc12. The Bertz CT molecular complexity index is 813. The number of para-hydroxylation sites is 1. The molecule has 0 radical (unpaired) electrons. The molecule has 0 saturated heterocycles. The third-order valence-electron chi connectivity index (χ3n) is 4.44. The summed E-state index contributed by atoms with van der Waals surface area (Å²) in [7, 11) is 0. The molecular formula is C20H26N2O4. The predicted octanol–water partition coefficient (Wildman–Crippen LogP) is 3.02. The maximum atomic E-state index is 12.3. The zero-order chi connectivity index (χ0) is 18.9. The summed E-state index contributed by atoms with van der Waals surface area (Å²) in [6.07, 6.45) is 4.34. The third-order valence-corrected chi connectivity index (χ3v) is 4.44. The molecule has 0 fully saturated rings. The lowest BCUT2D eigenvalue weighted by Gasteiger charge is -2.15. The summed E-state index contributed by atoms with van der Waals surface area (Å²) >= 11 is 0. The lowest BCUT2D eigenvalue weighted by Crippen LogP contribution is -2.33. The average Bonchev–Trinajstić information content (AvgIpc) is 2.65. The van der Waals surface area contributed by atoms with Crippen molar-refractivity contribution in [3.8, 4) is 0 Å². The summed E-state index contributed by atoms with van der Waals surface area (Å²) in [6, 6.07) is 8.16. The van der Waals surface area contributed by atoms with Crippen LogP contribution in [0.2, 0.25) is 0 Å². The van der Waals surface area contributed by atoms with Crippen LogP contribution in [0.3, 0.4) is 0 Å². The van der Waals surface area contributed by atoms with Crippen LogP contribution < -0.4 is 10.9 Å². The predicted molar refractivity (Wildman–Crippen MR) is 101 cm³/mol. The Labute approximate surface area is 152 Å². The maximum absolute atomic E-state index is 12.3. The Morgan fingerprint density at radius 1 is 1.23 bits per heavy atom. The fourth-order valence-electron chi connectivity index (χ4n) is 2.83. The first-order valence-corrected chi connectivity index (χ1v) is 9.11. The minimum absolute atomic E-state index is 0.159. The van der Waals surface area contributed by atoms with E-state index in [1.165, 1.54) is 6.07 Å². The van der Waals surface area contributed by atoms with Gasteiger partial charge in [0, 0.05) is 23.5 Å². The molecule has 0 aliphatic heterocycles. The quantitative estimate of drug-likeness (QED) is 0.675. The first kappa shape index (κ1) is 19.7. The topological polar surface area (TPSA) is 88.3 Å². The van der Waals surface area contributed by atoms with Gasteiger partial charge in [-0.3, -0.25) is 9.59 Å². The largest absolute Gasteiger partial charge is 0.452 e. The second-order valence-corrected chi connectivity index (χ2v) is 6.39. The van der Waals surface area contributed by atoms with Crippen LogP contribution in [0.1, 0.15) is 49.9 Å². The lowest BCUT2D eigenvalue weighted by atomic mass is 9.99. The zero-order valence-corrected chi connectivity index (χ0v) is 15.3. The molecule has 1 aromatic heterocycles. The Morgan fingerprint density at radius 3 is 2.73 bits per heavy atom.